The van der Waals surface area contributed by atoms with Crippen LogP contribution in [0.1, 0.15) is 6.92 Å². The van der Waals surface area contributed by atoms with Gasteiger partial charge in [0.05, 0.1) is 22.9 Å². The van der Waals surface area contributed by atoms with E-state index < -0.39 is 0 Å². The lowest BCUT2D eigenvalue weighted by Gasteiger charge is -1.99. The molecule has 0 bridgehead atoms. The zero-order valence-corrected chi connectivity index (χ0v) is 8.61. The summed E-state index contributed by atoms with van der Waals surface area (Å²) in [6, 6.07) is 0. The summed E-state index contributed by atoms with van der Waals surface area (Å²) >= 11 is 2.24. The van der Waals surface area contributed by atoms with E-state index >= 15 is 0 Å². The third-order valence-corrected chi connectivity index (χ3v) is 1.83. The topological polar surface area (TPSA) is 27.1 Å². The molecule has 0 radical (unpaired) electrons. The highest BCUT2D eigenvalue weighted by atomic mass is 127. The van der Waals surface area contributed by atoms with E-state index in [0.29, 0.717) is 0 Å². The highest BCUT2D eigenvalue weighted by Gasteiger charge is 1.93. The number of hydrogen-bond acceptors (Lipinski definition) is 2. The van der Waals surface area contributed by atoms with Crippen molar-refractivity contribution in [2.45, 2.75) is 13.5 Å². The molecule has 1 heterocycles. The van der Waals surface area contributed by atoms with Gasteiger partial charge in [-0.25, -0.2) is 0 Å². The Morgan fingerprint density at radius 1 is 1.73 bits per heavy atom. The maximum absolute atomic E-state index is 5.18. The van der Waals surface area contributed by atoms with Crippen molar-refractivity contribution in [2.24, 2.45) is 0 Å². The molecule has 0 N–H and O–H groups in total. The van der Waals surface area contributed by atoms with Gasteiger partial charge < -0.3 is 4.74 Å². The first-order valence-corrected chi connectivity index (χ1v) is 4.66. The van der Waals surface area contributed by atoms with Crippen molar-refractivity contribution in [1.29, 1.82) is 0 Å². The van der Waals surface area contributed by atoms with Gasteiger partial charge in [-0.15, -0.1) is 0 Å². The van der Waals surface area contributed by atoms with Gasteiger partial charge in [0.15, 0.2) is 0 Å². The largest absolute Gasteiger partial charge is 0.380 e. The fourth-order valence-corrected chi connectivity index (χ4v) is 1.21. The van der Waals surface area contributed by atoms with Crippen LogP contribution in [0.4, 0.5) is 0 Å². The van der Waals surface area contributed by atoms with E-state index in [1.54, 1.807) is 0 Å². The average Bonchev–Trinajstić information content (AvgIpc) is 2.37. The van der Waals surface area contributed by atoms with Crippen molar-refractivity contribution in [2.75, 3.05) is 13.2 Å². The molecule has 1 aromatic heterocycles. The standard InChI is InChI=1S/C7H11IN2O/c1-2-11-4-3-10-6-7(8)5-9-10/h5-6H,2-4H2,1H3. The highest BCUT2D eigenvalue weighted by molar-refractivity contribution is 14.1. The van der Waals surface area contributed by atoms with Crippen molar-refractivity contribution >= 4 is 22.6 Å². The van der Waals surface area contributed by atoms with E-state index in [1.165, 1.54) is 3.57 Å². The van der Waals surface area contributed by atoms with Gasteiger partial charge in [-0.3, -0.25) is 4.68 Å². The van der Waals surface area contributed by atoms with Gasteiger partial charge >= 0.3 is 0 Å². The molecule has 0 atom stereocenters. The Bertz CT molecular complexity index is 212. The Morgan fingerprint density at radius 2 is 2.55 bits per heavy atom. The van der Waals surface area contributed by atoms with Crippen molar-refractivity contribution in [3.8, 4) is 0 Å². The van der Waals surface area contributed by atoms with Crippen LogP contribution in [0.3, 0.4) is 0 Å². The molecule has 1 aromatic rings. The summed E-state index contributed by atoms with van der Waals surface area (Å²) in [5.74, 6) is 0. The summed E-state index contributed by atoms with van der Waals surface area (Å²) in [6.45, 7) is 4.36. The minimum absolute atomic E-state index is 0.744. The molecule has 0 aliphatic rings. The summed E-state index contributed by atoms with van der Waals surface area (Å²) < 4.78 is 8.24. The second kappa shape index (κ2) is 4.71. The monoisotopic (exact) mass is 266 g/mol. The van der Waals surface area contributed by atoms with Crippen LogP contribution in [0.5, 0.6) is 0 Å². The van der Waals surface area contributed by atoms with Crippen LogP contribution in [-0.2, 0) is 11.3 Å². The first kappa shape index (κ1) is 8.99. The Hall–Kier alpha value is -0.100. The third kappa shape index (κ3) is 3.20. The highest BCUT2D eigenvalue weighted by Crippen LogP contribution is 2.00. The smallest absolute Gasteiger partial charge is 0.0662 e. The molecule has 0 unspecified atom stereocenters. The number of rotatable bonds is 4. The summed E-state index contributed by atoms with van der Waals surface area (Å²) in [4.78, 5) is 0. The van der Waals surface area contributed by atoms with Crippen LogP contribution in [-0.4, -0.2) is 23.0 Å². The normalized spacial score (nSPS) is 10.4. The molecule has 0 saturated carbocycles. The van der Waals surface area contributed by atoms with Crippen molar-refractivity contribution in [3.05, 3.63) is 16.0 Å². The van der Waals surface area contributed by atoms with Crippen LogP contribution in [0.25, 0.3) is 0 Å². The summed E-state index contributed by atoms with van der Waals surface area (Å²) in [6.07, 6.45) is 3.84. The summed E-state index contributed by atoms with van der Waals surface area (Å²) in [7, 11) is 0. The van der Waals surface area contributed by atoms with Crippen LogP contribution in [0, 0.1) is 3.57 Å². The van der Waals surface area contributed by atoms with Crippen molar-refractivity contribution < 1.29 is 4.74 Å². The van der Waals surface area contributed by atoms with Crippen LogP contribution in [0.15, 0.2) is 12.4 Å². The molecule has 0 aliphatic carbocycles. The molecule has 4 heteroatoms. The number of aromatic nitrogens is 2. The molecule has 0 amide bonds. The first-order chi connectivity index (χ1) is 5.33. The predicted octanol–water partition coefficient (Wildman–Crippen LogP) is 1.52. The molecule has 0 aromatic carbocycles. The molecule has 0 fully saturated rings. The Kier molecular flexibility index (Phi) is 3.85. The number of nitrogens with zero attached hydrogens (tertiary/aromatic N) is 2. The Balaban J connectivity index is 2.27. The van der Waals surface area contributed by atoms with Crippen LogP contribution in [0.2, 0.25) is 0 Å². The fourth-order valence-electron chi connectivity index (χ4n) is 0.763. The number of hydrogen-bond donors (Lipinski definition) is 0. The maximum Gasteiger partial charge on any atom is 0.0662 e. The van der Waals surface area contributed by atoms with Gasteiger partial charge in [0.2, 0.25) is 0 Å². The summed E-state index contributed by atoms with van der Waals surface area (Å²) in [5.41, 5.74) is 0. The van der Waals surface area contributed by atoms with E-state index in [1.807, 2.05) is 24.0 Å². The number of halogens is 1. The average molecular weight is 266 g/mol. The van der Waals surface area contributed by atoms with Crippen LogP contribution >= 0.6 is 22.6 Å². The van der Waals surface area contributed by atoms with E-state index in [2.05, 4.69) is 27.7 Å². The second-order valence-electron chi connectivity index (χ2n) is 2.12. The third-order valence-electron chi connectivity index (χ3n) is 1.27. The predicted molar refractivity (Wildman–Crippen MR) is 51.4 cm³/mol. The molecule has 3 nitrogen and oxygen atoms in total. The number of ether oxygens (including phenoxy) is 1. The fraction of sp³-hybridized carbons (Fsp3) is 0.571. The second-order valence-corrected chi connectivity index (χ2v) is 3.36. The lowest BCUT2D eigenvalue weighted by Crippen LogP contribution is -2.05. The van der Waals surface area contributed by atoms with Gasteiger partial charge in [-0.2, -0.15) is 5.10 Å². The van der Waals surface area contributed by atoms with Gasteiger partial charge in [0.1, 0.15) is 0 Å². The first-order valence-electron chi connectivity index (χ1n) is 3.58. The van der Waals surface area contributed by atoms with Gasteiger partial charge in [0.25, 0.3) is 0 Å². The zero-order valence-electron chi connectivity index (χ0n) is 6.46. The van der Waals surface area contributed by atoms with Crippen molar-refractivity contribution in [3.63, 3.8) is 0 Å². The lowest BCUT2D eigenvalue weighted by molar-refractivity contribution is 0.136. The SMILES string of the molecule is CCOCCn1cc(I)cn1. The molecule has 0 aliphatic heterocycles. The Morgan fingerprint density at radius 3 is 3.09 bits per heavy atom. The maximum atomic E-state index is 5.18. The molecule has 1 rings (SSSR count). The van der Waals surface area contributed by atoms with Gasteiger partial charge in [-0.1, -0.05) is 0 Å². The minimum atomic E-state index is 0.744. The summed E-state index contributed by atoms with van der Waals surface area (Å²) in [5, 5.41) is 4.12. The molecule has 62 valence electrons. The van der Waals surface area contributed by atoms with E-state index in [-0.39, 0.29) is 0 Å². The van der Waals surface area contributed by atoms with Gasteiger partial charge in [-0.05, 0) is 29.5 Å². The molecular formula is C7H11IN2O. The van der Waals surface area contributed by atoms with E-state index in [0.717, 1.165) is 19.8 Å². The Labute approximate surface area is 79.9 Å². The molecule has 11 heavy (non-hydrogen) atoms. The van der Waals surface area contributed by atoms with Crippen LogP contribution < -0.4 is 0 Å². The molecule has 0 saturated heterocycles. The van der Waals surface area contributed by atoms with E-state index in [4.69, 9.17) is 4.74 Å². The lowest BCUT2D eigenvalue weighted by atomic mass is 10.6. The minimum Gasteiger partial charge on any atom is -0.380 e. The molecule has 0 spiro atoms. The van der Waals surface area contributed by atoms with Gasteiger partial charge in [0, 0.05) is 12.8 Å². The quantitative estimate of drug-likeness (QED) is 0.610. The zero-order chi connectivity index (χ0) is 8.10. The van der Waals surface area contributed by atoms with Crippen molar-refractivity contribution in [1.82, 2.24) is 9.78 Å². The molecular weight excluding hydrogens is 255 g/mol. The van der Waals surface area contributed by atoms with E-state index in [9.17, 15) is 0 Å².